The van der Waals surface area contributed by atoms with Gasteiger partial charge in [0.15, 0.2) is 0 Å². The minimum absolute atomic E-state index is 0.275. The first-order chi connectivity index (χ1) is 8.06. The molecule has 2 nitrogen and oxygen atoms in total. The van der Waals surface area contributed by atoms with Crippen molar-refractivity contribution in [2.75, 3.05) is 6.61 Å². The third-order valence-corrected chi connectivity index (χ3v) is 3.30. The Hall–Kier alpha value is -0.700. The lowest BCUT2D eigenvalue weighted by Crippen LogP contribution is -1.99. The summed E-state index contributed by atoms with van der Waals surface area (Å²) in [4.78, 5) is 10.2. The largest absolute Gasteiger partial charge is 0.492 e. The first-order valence-electron chi connectivity index (χ1n) is 4.88. The van der Waals surface area contributed by atoms with Crippen LogP contribution in [-0.2, 0) is 4.79 Å². The molecule has 0 atom stereocenters. The Morgan fingerprint density at radius 1 is 1.29 bits per heavy atom. The molecule has 0 aliphatic heterocycles. The number of rotatable bonds is 6. The third kappa shape index (κ3) is 4.23. The first kappa shape index (κ1) is 14.4. The lowest BCUT2D eigenvalue weighted by atomic mass is 10.2. The molecule has 1 rings (SSSR count). The lowest BCUT2D eigenvalue weighted by molar-refractivity contribution is 0.311. The van der Waals surface area contributed by atoms with E-state index in [9.17, 15) is 4.79 Å². The van der Waals surface area contributed by atoms with E-state index in [1.54, 1.807) is 18.4 Å². The molecule has 5 heteroatoms. The van der Waals surface area contributed by atoms with Gasteiger partial charge >= 0.3 is 0 Å². The van der Waals surface area contributed by atoms with Crippen LogP contribution in [0.4, 0.5) is 0 Å². The van der Waals surface area contributed by atoms with Crippen LogP contribution in [-0.4, -0.2) is 12.9 Å². The second-order valence-corrected chi connectivity index (χ2v) is 4.49. The Kier molecular flexibility index (Phi) is 5.83. The van der Waals surface area contributed by atoms with Gasteiger partial charge in [0.1, 0.15) is 10.8 Å². The van der Waals surface area contributed by atoms with Gasteiger partial charge in [-0.1, -0.05) is 41.4 Å². The van der Waals surface area contributed by atoms with Gasteiger partial charge in [0, 0.05) is 0 Å². The van der Waals surface area contributed by atoms with E-state index in [0.29, 0.717) is 40.8 Å². The fraction of sp³-hybridized carbons (Fsp3) is 0.250. The zero-order valence-electron chi connectivity index (χ0n) is 8.93. The predicted octanol–water partition coefficient (Wildman–Crippen LogP) is 4.47. The molecule has 0 saturated carbocycles. The Labute approximate surface area is 115 Å². The van der Waals surface area contributed by atoms with Gasteiger partial charge in [0.05, 0.1) is 16.7 Å². The Bertz CT molecular complexity index is 430. The Morgan fingerprint density at radius 2 is 2.00 bits per heavy atom. The first-order valence-corrected chi connectivity index (χ1v) is 6.02. The van der Waals surface area contributed by atoms with Crippen molar-refractivity contribution in [3.05, 3.63) is 39.4 Å². The Morgan fingerprint density at radius 3 is 2.65 bits per heavy atom. The van der Waals surface area contributed by atoms with Crippen molar-refractivity contribution < 1.29 is 9.53 Å². The number of hydrogen-bond acceptors (Lipinski definition) is 2. The van der Waals surface area contributed by atoms with E-state index in [-0.39, 0.29) is 5.02 Å². The molecule has 0 unspecified atom stereocenters. The highest BCUT2D eigenvalue weighted by Gasteiger charge is 2.09. The molecule has 1 radical (unpaired) electrons. The Balaban J connectivity index is 2.50. The van der Waals surface area contributed by atoms with Crippen LogP contribution in [0.5, 0.6) is 5.75 Å². The van der Waals surface area contributed by atoms with Gasteiger partial charge < -0.3 is 4.74 Å². The molecule has 0 aliphatic rings. The summed E-state index contributed by atoms with van der Waals surface area (Å²) in [5.41, 5.74) is 0.425. The minimum Gasteiger partial charge on any atom is -0.492 e. The molecule has 0 N–H and O–H groups in total. The van der Waals surface area contributed by atoms with E-state index in [1.165, 1.54) is 0 Å². The maximum absolute atomic E-state index is 10.2. The minimum atomic E-state index is 0.275. The highest BCUT2D eigenvalue weighted by atomic mass is 35.5. The molecule has 0 fully saturated rings. The fourth-order valence-electron chi connectivity index (χ4n) is 1.14. The van der Waals surface area contributed by atoms with E-state index in [4.69, 9.17) is 39.5 Å². The molecule has 17 heavy (non-hydrogen) atoms. The summed E-state index contributed by atoms with van der Waals surface area (Å²) >= 11 is 17.6. The summed E-state index contributed by atoms with van der Waals surface area (Å²) in [6.07, 6.45) is 2.93. The number of hydrogen-bond donors (Lipinski definition) is 0. The van der Waals surface area contributed by atoms with E-state index < -0.39 is 0 Å². The molecule has 1 aromatic rings. The van der Waals surface area contributed by atoms with E-state index >= 15 is 0 Å². The molecule has 0 heterocycles. The van der Waals surface area contributed by atoms with Crippen molar-refractivity contribution in [1.29, 1.82) is 0 Å². The van der Waals surface area contributed by atoms with Crippen LogP contribution < -0.4 is 4.74 Å². The monoisotopic (exact) mass is 291 g/mol. The molecule has 0 aliphatic carbocycles. The van der Waals surface area contributed by atoms with Gasteiger partial charge in [-0.15, -0.1) is 0 Å². The summed E-state index contributed by atoms with van der Waals surface area (Å²) in [7, 11) is 0. The van der Waals surface area contributed by atoms with Gasteiger partial charge in [-0.25, -0.2) is 0 Å². The van der Waals surface area contributed by atoms with Crippen LogP contribution >= 0.6 is 34.8 Å². The molecule has 91 valence electrons. The smallest absolute Gasteiger partial charge is 0.228 e. The average Bonchev–Trinajstić information content (AvgIpc) is 2.33. The van der Waals surface area contributed by atoms with Gasteiger partial charge in [0.2, 0.25) is 6.29 Å². The maximum Gasteiger partial charge on any atom is 0.228 e. The van der Waals surface area contributed by atoms with Crippen LogP contribution in [0.1, 0.15) is 12.8 Å². The SMILES string of the molecule is C=C([C]=O)CCCOc1ccc(Cl)c(Cl)c1Cl. The second-order valence-electron chi connectivity index (χ2n) is 3.33. The summed E-state index contributed by atoms with van der Waals surface area (Å²) < 4.78 is 5.42. The molecule has 0 saturated heterocycles. The molecule has 0 spiro atoms. The maximum atomic E-state index is 10.2. The normalized spacial score (nSPS) is 10.1. The van der Waals surface area contributed by atoms with Crippen LogP contribution in [0.2, 0.25) is 15.1 Å². The van der Waals surface area contributed by atoms with E-state index in [0.717, 1.165) is 0 Å². The van der Waals surface area contributed by atoms with Crippen molar-refractivity contribution in [2.24, 2.45) is 0 Å². The summed E-state index contributed by atoms with van der Waals surface area (Å²) in [5, 5.41) is 0.948. The highest BCUT2D eigenvalue weighted by Crippen LogP contribution is 2.37. The predicted molar refractivity (Wildman–Crippen MR) is 71.0 cm³/mol. The standard InChI is InChI=1S/C12H10Cl3O2/c1-8(7-16)3-2-6-17-10-5-4-9(13)11(14)12(10)15/h4-5H,1-3,6H2. The quantitative estimate of drug-likeness (QED) is 0.439. The summed E-state index contributed by atoms with van der Waals surface area (Å²) in [6.45, 7) is 3.93. The summed E-state index contributed by atoms with van der Waals surface area (Å²) in [6, 6.07) is 3.26. The van der Waals surface area contributed by atoms with Crippen LogP contribution in [0.15, 0.2) is 24.3 Å². The van der Waals surface area contributed by atoms with Gasteiger partial charge in [0.25, 0.3) is 0 Å². The highest BCUT2D eigenvalue weighted by molar-refractivity contribution is 6.48. The lowest BCUT2D eigenvalue weighted by Gasteiger charge is -2.09. The fourth-order valence-corrected chi connectivity index (χ4v) is 1.72. The number of ether oxygens (including phenoxy) is 1. The molecule has 0 bridgehead atoms. The summed E-state index contributed by atoms with van der Waals surface area (Å²) in [5.74, 6) is 0.474. The third-order valence-electron chi connectivity index (χ3n) is 2.02. The number of allylic oxidation sites excluding steroid dienone is 1. The van der Waals surface area contributed by atoms with Crippen molar-refractivity contribution in [3.63, 3.8) is 0 Å². The van der Waals surface area contributed by atoms with Gasteiger partial charge in [-0.3, -0.25) is 4.79 Å². The molecular weight excluding hydrogens is 282 g/mol. The van der Waals surface area contributed by atoms with Crippen LogP contribution in [0.25, 0.3) is 0 Å². The van der Waals surface area contributed by atoms with Crippen molar-refractivity contribution in [2.45, 2.75) is 12.8 Å². The number of carbonyl (C=O) groups excluding carboxylic acids is 1. The van der Waals surface area contributed by atoms with Crippen molar-refractivity contribution in [1.82, 2.24) is 0 Å². The van der Waals surface area contributed by atoms with Gasteiger partial charge in [-0.05, 0) is 30.5 Å². The second kappa shape index (κ2) is 6.90. The molecule has 0 aromatic heterocycles. The molecule has 1 aromatic carbocycles. The zero-order chi connectivity index (χ0) is 12.8. The van der Waals surface area contributed by atoms with E-state index in [2.05, 4.69) is 6.58 Å². The molecule has 0 amide bonds. The van der Waals surface area contributed by atoms with Crippen LogP contribution in [0.3, 0.4) is 0 Å². The topological polar surface area (TPSA) is 26.3 Å². The number of benzene rings is 1. The van der Waals surface area contributed by atoms with E-state index in [1.807, 2.05) is 0 Å². The zero-order valence-corrected chi connectivity index (χ0v) is 11.2. The van der Waals surface area contributed by atoms with Crippen molar-refractivity contribution in [3.8, 4) is 5.75 Å². The average molecular weight is 293 g/mol. The van der Waals surface area contributed by atoms with Crippen LogP contribution in [0, 0.1) is 0 Å². The number of halogens is 3. The molecular formula is C12H10Cl3O2. The van der Waals surface area contributed by atoms with Gasteiger partial charge in [-0.2, -0.15) is 0 Å². The van der Waals surface area contributed by atoms with Crippen molar-refractivity contribution >= 4 is 41.1 Å².